The van der Waals surface area contributed by atoms with Crippen LogP contribution in [0.4, 0.5) is 0 Å². The number of aromatic nitrogens is 1. The number of esters is 1. The van der Waals surface area contributed by atoms with Crippen LogP contribution in [-0.4, -0.2) is 55.8 Å². The summed E-state index contributed by atoms with van der Waals surface area (Å²) in [6, 6.07) is 15.4. The molecule has 0 N–H and O–H groups in total. The number of carbonyl (C=O) groups is 2. The lowest BCUT2D eigenvalue weighted by atomic mass is 9.99. The first-order valence-corrected chi connectivity index (χ1v) is 16.2. The summed E-state index contributed by atoms with van der Waals surface area (Å²) in [6.45, 7) is 3.99. The zero-order valence-electron chi connectivity index (χ0n) is 25.8. The van der Waals surface area contributed by atoms with E-state index in [0.717, 1.165) is 12.0 Å². The molecule has 0 fully saturated rings. The quantitative estimate of drug-likeness (QED) is 0.271. The first-order valence-electron chi connectivity index (χ1n) is 14.8. The van der Waals surface area contributed by atoms with Crippen LogP contribution in [0.1, 0.15) is 64.3 Å². The number of rotatable bonds is 7. The summed E-state index contributed by atoms with van der Waals surface area (Å²) >= 11 is 0. The topological polar surface area (TPSA) is 130 Å². The molecule has 2 heterocycles. The first-order chi connectivity index (χ1) is 21.6. The van der Waals surface area contributed by atoms with Gasteiger partial charge in [-0.1, -0.05) is 36.2 Å². The number of benzene rings is 3. The summed E-state index contributed by atoms with van der Waals surface area (Å²) in [5.41, 5.74) is 3.42. The van der Waals surface area contributed by atoms with Crippen molar-refractivity contribution in [3.05, 3.63) is 94.7 Å². The number of amides is 1. The van der Waals surface area contributed by atoms with E-state index in [1.807, 2.05) is 6.92 Å². The van der Waals surface area contributed by atoms with Gasteiger partial charge in [0.1, 0.15) is 5.75 Å². The van der Waals surface area contributed by atoms with Crippen LogP contribution in [0.25, 0.3) is 10.9 Å². The fraction of sp³-hybridized carbons (Fsp3) is 0.324. The molecule has 5 rings (SSSR count). The fourth-order valence-corrected chi connectivity index (χ4v) is 7.16. The zero-order chi connectivity index (χ0) is 32.3. The van der Waals surface area contributed by atoms with Crippen molar-refractivity contribution < 1.29 is 32.6 Å². The summed E-state index contributed by atoms with van der Waals surface area (Å²) in [5.74, 6) is -0.782. The Balaban J connectivity index is 1.66. The molecule has 10 nitrogen and oxygen atoms in total. The normalized spacial score (nSPS) is 16.4. The van der Waals surface area contributed by atoms with Crippen LogP contribution in [-0.2, 0) is 26.1 Å². The van der Waals surface area contributed by atoms with Gasteiger partial charge in [0.2, 0.25) is 5.91 Å². The van der Waals surface area contributed by atoms with Crippen LogP contribution in [0.2, 0.25) is 0 Å². The Bertz CT molecular complexity index is 1860. The Morgan fingerprint density at radius 2 is 1.71 bits per heavy atom. The van der Waals surface area contributed by atoms with Crippen molar-refractivity contribution in [1.82, 2.24) is 8.87 Å². The van der Waals surface area contributed by atoms with Gasteiger partial charge >= 0.3 is 5.97 Å². The number of carbonyl (C=O) groups excluding carboxylic acids is 2. The Hall–Kier alpha value is -4.64. The predicted molar refractivity (Wildman–Crippen MR) is 169 cm³/mol. The largest absolute Gasteiger partial charge is 0.860 e. The van der Waals surface area contributed by atoms with E-state index in [1.54, 1.807) is 67.6 Å². The Morgan fingerprint density at radius 1 is 1.00 bits per heavy atom. The summed E-state index contributed by atoms with van der Waals surface area (Å²) in [4.78, 5) is 31.9. The van der Waals surface area contributed by atoms with Crippen LogP contribution < -0.4 is 9.84 Å². The molecule has 0 aliphatic carbocycles. The molecular weight excluding hydrogens is 594 g/mol. The minimum Gasteiger partial charge on any atom is -0.860 e. The van der Waals surface area contributed by atoms with E-state index < -0.39 is 27.9 Å². The van der Waals surface area contributed by atoms with Crippen molar-refractivity contribution in [2.45, 2.75) is 57.0 Å². The maximum absolute atomic E-state index is 13.9. The Labute approximate surface area is 263 Å². The number of nitrogens with zero attached hydrogens (tertiary/aromatic N) is 3. The number of hydrogen-bond acceptors (Lipinski definition) is 8. The average Bonchev–Trinajstić information content (AvgIpc) is 3.50. The average molecular weight is 631 g/mol. The molecule has 0 saturated heterocycles. The summed E-state index contributed by atoms with van der Waals surface area (Å²) in [5, 5.41) is 14.3. The number of hydrogen-bond donors (Lipinski definition) is 0. The van der Waals surface area contributed by atoms with Gasteiger partial charge in [-0.2, -0.15) is 0 Å². The second-order valence-electron chi connectivity index (χ2n) is 11.1. The molecule has 0 spiro atoms. The lowest BCUT2D eigenvalue weighted by Gasteiger charge is -2.37. The molecule has 0 bridgehead atoms. The van der Waals surface area contributed by atoms with Gasteiger partial charge in [-0.3, -0.25) is 4.79 Å². The van der Waals surface area contributed by atoms with Gasteiger partial charge < -0.3 is 24.5 Å². The van der Waals surface area contributed by atoms with E-state index in [4.69, 9.17) is 9.47 Å². The lowest BCUT2D eigenvalue weighted by Crippen LogP contribution is -2.43. The van der Waals surface area contributed by atoms with Gasteiger partial charge in [0.25, 0.3) is 10.0 Å². The smallest absolute Gasteiger partial charge is 0.337 e. The maximum atomic E-state index is 13.9. The number of methoxy groups -OCH3 is 2. The van der Waals surface area contributed by atoms with E-state index in [1.165, 1.54) is 29.3 Å². The fourth-order valence-electron chi connectivity index (χ4n) is 5.75. The standard InChI is InChI=1S/C34H37N3O7S/c1-22-9-15-26(16-10-22)45(41,42)37-19-17-27-28(29(43-3)20-23(2)31(27)37)21-36-30(38)8-6-5-7-18-35-33(39)32(36)24-11-13-25(14-12-24)34(40)44-4/h9-17,19-20,32H,5-8,18,21H2,1-4H3,(H,35,39)/p-1. The van der Waals surface area contributed by atoms with E-state index in [9.17, 15) is 23.1 Å². The van der Waals surface area contributed by atoms with E-state index in [2.05, 4.69) is 4.99 Å². The van der Waals surface area contributed by atoms with E-state index in [-0.39, 0.29) is 23.8 Å². The molecule has 1 unspecified atom stereocenters. The van der Waals surface area contributed by atoms with Crippen LogP contribution >= 0.6 is 0 Å². The highest BCUT2D eigenvalue weighted by molar-refractivity contribution is 7.90. The van der Waals surface area contributed by atoms with Crippen molar-refractivity contribution in [3.63, 3.8) is 0 Å². The van der Waals surface area contributed by atoms with Crippen molar-refractivity contribution in [2.75, 3.05) is 20.8 Å². The van der Waals surface area contributed by atoms with Gasteiger partial charge in [-0.15, -0.1) is 0 Å². The first kappa shape index (κ1) is 31.8. The number of fused-ring (bicyclic) bond motifs is 1. The van der Waals surface area contributed by atoms with Crippen LogP contribution in [0.5, 0.6) is 5.75 Å². The predicted octanol–water partition coefficient (Wildman–Crippen LogP) is 4.69. The van der Waals surface area contributed by atoms with Gasteiger partial charge in [0.05, 0.1) is 42.8 Å². The minimum absolute atomic E-state index is 0.0436. The van der Waals surface area contributed by atoms with E-state index in [0.29, 0.717) is 58.3 Å². The van der Waals surface area contributed by atoms with Gasteiger partial charge in [0, 0.05) is 30.1 Å². The highest BCUT2D eigenvalue weighted by atomic mass is 32.2. The molecule has 0 radical (unpaired) electrons. The Kier molecular flexibility index (Phi) is 9.29. The maximum Gasteiger partial charge on any atom is 0.337 e. The molecule has 11 heteroatoms. The van der Waals surface area contributed by atoms with Crippen molar-refractivity contribution in [3.8, 4) is 5.75 Å². The lowest BCUT2D eigenvalue weighted by molar-refractivity contribution is -0.226. The molecule has 1 aliphatic rings. The molecule has 236 valence electrons. The zero-order valence-corrected chi connectivity index (χ0v) is 26.6. The number of ether oxygens (including phenoxy) is 2. The second-order valence-corrected chi connectivity index (χ2v) is 12.9. The Morgan fingerprint density at radius 3 is 2.38 bits per heavy atom. The summed E-state index contributed by atoms with van der Waals surface area (Å²) in [6.07, 6.45) is 3.82. The second kappa shape index (κ2) is 13.2. The molecule has 1 amide bonds. The minimum atomic E-state index is -3.95. The molecule has 4 aromatic rings. The molecule has 1 aliphatic heterocycles. The van der Waals surface area contributed by atoms with Crippen LogP contribution in [0, 0.1) is 13.8 Å². The summed E-state index contributed by atoms with van der Waals surface area (Å²) < 4.78 is 39.4. The van der Waals surface area contributed by atoms with Crippen molar-refractivity contribution in [2.24, 2.45) is 4.99 Å². The van der Waals surface area contributed by atoms with Crippen LogP contribution in [0.15, 0.2) is 76.7 Å². The van der Waals surface area contributed by atoms with Crippen LogP contribution in [0.3, 0.4) is 0 Å². The third-order valence-corrected chi connectivity index (χ3v) is 9.84. The van der Waals surface area contributed by atoms with E-state index >= 15 is 0 Å². The monoisotopic (exact) mass is 630 g/mol. The van der Waals surface area contributed by atoms with Crippen molar-refractivity contribution in [1.29, 1.82) is 0 Å². The number of aliphatic imine (C=N–C) groups is 1. The van der Waals surface area contributed by atoms with Gasteiger partial charge in [-0.05, 0) is 80.1 Å². The summed E-state index contributed by atoms with van der Waals surface area (Å²) in [7, 11) is -1.15. The molecule has 1 atom stereocenters. The number of aryl methyl sites for hydroxylation is 2. The molecule has 1 aromatic heterocycles. The SMILES string of the molecule is COC(=O)c1ccc(C2C([O-])=NCCCCCC(=O)N2Cc2c(OC)cc(C)c3c2ccn3S(=O)(=O)c2ccc(C)cc2)cc1. The third-order valence-electron chi connectivity index (χ3n) is 8.15. The molecular formula is C34H36N3O7S-. The van der Waals surface area contributed by atoms with Gasteiger partial charge in [0.15, 0.2) is 0 Å². The third kappa shape index (κ3) is 6.30. The molecule has 45 heavy (non-hydrogen) atoms. The van der Waals surface area contributed by atoms with Crippen molar-refractivity contribution >= 4 is 38.7 Å². The molecule has 3 aromatic carbocycles. The highest BCUT2D eigenvalue weighted by Crippen LogP contribution is 2.37. The molecule has 0 saturated carbocycles. The highest BCUT2D eigenvalue weighted by Gasteiger charge is 2.30. The van der Waals surface area contributed by atoms with Gasteiger partial charge in [-0.25, -0.2) is 17.2 Å².